The first-order chi connectivity index (χ1) is 5.58. The van der Waals surface area contributed by atoms with E-state index < -0.39 is 0 Å². The van der Waals surface area contributed by atoms with Gasteiger partial charge in [0.1, 0.15) is 0 Å². The summed E-state index contributed by atoms with van der Waals surface area (Å²) in [6.45, 7) is 7.26. The van der Waals surface area contributed by atoms with Crippen molar-refractivity contribution in [2.24, 2.45) is 0 Å². The molecule has 1 fully saturated rings. The van der Waals surface area contributed by atoms with Crippen LogP contribution in [0.5, 0.6) is 0 Å². The molecule has 1 heterocycles. The monoisotopic (exact) mass is 192 g/mol. The third-order valence-corrected chi connectivity index (χ3v) is 1.53. The third kappa shape index (κ3) is 4.57. The van der Waals surface area contributed by atoms with Crippen LogP contribution in [0, 0.1) is 0 Å². The van der Waals surface area contributed by atoms with E-state index >= 15 is 0 Å². The second-order valence-corrected chi connectivity index (χ2v) is 2.81. The first-order valence-corrected chi connectivity index (χ1v) is 4.20. The normalized spacial score (nSPS) is 41.5. The van der Waals surface area contributed by atoms with Crippen molar-refractivity contribution >= 4 is 0 Å². The third-order valence-electron chi connectivity index (χ3n) is 1.53. The summed E-state index contributed by atoms with van der Waals surface area (Å²) in [4.78, 5) is 0. The maximum atomic E-state index is 5.31. The molecule has 4 nitrogen and oxygen atoms in total. The summed E-state index contributed by atoms with van der Waals surface area (Å²) in [5, 5.41) is 0. The lowest BCUT2D eigenvalue weighted by Crippen LogP contribution is -2.35. The highest BCUT2D eigenvalue weighted by Gasteiger charge is 2.21. The Bertz CT molecular complexity index is 99.6. The number of ether oxygens (including phenoxy) is 4. The molecular weight excluding hydrogens is 172 g/mol. The van der Waals surface area contributed by atoms with Gasteiger partial charge in [-0.15, -0.1) is 0 Å². The molecule has 0 atom stereocenters. The molecule has 0 N–H and O–H groups in total. The lowest BCUT2D eigenvalue weighted by molar-refractivity contribution is -0.367. The van der Waals surface area contributed by atoms with E-state index in [2.05, 4.69) is 0 Å². The first kappa shape index (κ1) is 12.8. The lowest BCUT2D eigenvalue weighted by Gasteiger charge is -2.30. The molecule has 4 heteroatoms. The predicted octanol–water partition coefficient (Wildman–Crippen LogP) is 2.09. The summed E-state index contributed by atoms with van der Waals surface area (Å²) >= 11 is 0. The molecule has 1 aliphatic heterocycles. The summed E-state index contributed by atoms with van der Waals surface area (Å²) in [6, 6.07) is 0. The summed E-state index contributed by atoms with van der Waals surface area (Å²) in [5.41, 5.74) is 0. The Morgan fingerprint density at radius 2 is 0.692 bits per heavy atom. The molecule has 0 aromatic rings. The van der Waals surface area contributed by atoms with Gasteiger partial charge in [-0.1, -0.05) is 7.43 Å². The van der Waals surface area contributed by atoms with Gasteiger partial charge in [0.2, 0.25) is 0 Å². The molecule has 0 aromatic heterocycles. The van der Waals surface area contributed by atoms with Crippen molar-refractivity contribution in [3.05, 3.63) is 0 Å². The molecule has 0 aromatic carbocycles. The van der Waals surface area contributed by atoms with Crippen LogP contribution in [0.25, 0.3) is 0 Å². The van der Waals surface area contributed by atoms with Crippen LogP contribution < -0.4 is 0 Å². The Labute approximate surface area is 80.1 Å². The molecule has 13 heavy (non-hydrogen) atoms. The van der Waals surface area contributed by atoms with E-state index in [1.165, 1.54) is 0 Å². The molecule has 1 aliphatic rings. The fourth-order valence-electron chi connectivity index (χ4n) is 1.21. The highest BCUT2D eigenvalue weighted by atomic mass is 16.9. The van der Waals surface area contributed by atoms with E-state index in [1.807, 2.05) is 27.7 Å². The second kappa shape index (κ2) is 5.54. The maximum Gasteiger partial charge on any atom is 0.161 e. The average Bonchev–Trinajstić information content (AvgIpc) is 1.81. The summed E-state index contributed by atoms with van der Waals surface area (Å²) in [5.74, 6) is 0. The Morgan fingerprint density at radius 3 is 0.846 bits per heavy atom. The Morgan fingerprint density at radius 1 is 0.538 bits per heavy atom. The Balaban J connectivity index is 0.00000144. The smallest absolute Gasteiger partial charge is 0.161 e. The first-order valence-electron chi connectivity index (χ1n) is 4.20. The second-order valence-electron chi connectivity index (χ2n) is 2.81. The van der Waals surface area contributed by atoms with Crippen molar-refractivity contribution in [3.8, 4) is 0 Å². The van der Waals surface area contributed by atoms with Crippen LogP contribution in [0.2, 0.25) is 0 Å². The standard InChI is InChI=1S/C8H16O4.CH4/c1-5-9-6(2)11-8(4)12-7(3)10-5;/h5-8H,1-4H3;1H4. The van der Waals surface area contributed by atoms with Crippen molar-refractivity contribution in [3.63, 3.8) is 0 Å². The van der Waals surface area contributed by atoms with Gasteiger partial charge in [-0.2, -0.15) is 0 Å². The number of hydrogen-bond donors (Lipinski definition) is 0. The van der Waals surface area contributed by atoms with Gasteiger partial charge < -0.3 is 18.9 Å². The van der Waals surface area contributed by atoms with Crippen LogP contribution in [-0.4, -0.2) is 25.2 Å². The molecule has 0 saturated carbocycles. The molecule has 0 unspecified atom stereocenters. The molecule has 0 amide bonds. The Hall–Kier alpha value is -0.160. The van der Waals surface area contributed by atoms with Crippen molar-refractivity contribution in [1.29, 1.82) is 0 Å². The van der Waals surface area contributed by atoms with Gasteiger partial charge in [-0.05, 0) is 27.7 Å². The largest absolute Gasteiger partial charge is 0.324 e. The van der Waals surface area contributed by atoms with Crippen molar-refractivity contribution in [2.75, 3.05) is 0 Å². The fourth-order valence-corrected chi connectivity index (χ4v) is 1.21. The van der Waals surface area contributed by atoms with Gasteiger partial charge in [0.15, 0.2) is 25.2 Å². The summed E-state index contributed by atoms with van der Waals surface area (Å²) < 4.78 is 21.2. The zero-order chi connectivity index (χ0) is 9.14. The zero-order valence-corrected chi connectivity index (χ0v) is 7.94. The molecule has 1 rings (SSSR count). The van der Waals surface area contributed by atoms with E-state index in [9.17, 15) is 0 Å². The molecule has 1 saturated heterocycles. The fraction of sp³-hybridized carbons (Fsp3) is 1.00. The highest BCUT2D eigenvalue weighted by molar-refractivity contribution is 4.45. The predicted molar refractivity (Wildman–Crippen MR) is 48.9 cm³/mol. The molecule has 0 aliphatic carbocycles. The average molecular weight is 192 g/mol. The number of hydrogen-bond acceptors (Lipinski definition) is 4. The zero-order valence-electron chi connectivity index (χ0n) is 7.94. The van der Waals surface area contributed by atoms with Crippen molar-refractivity contribution in [1.82, 2.24) is 0 Å². The SMILES string of the molecule is C.CC1OC(C)OC(C)OC(C)O1. The molecule has 0 radical (unpaired) electrons. The minimum Gasteiger partial charge on any atom is -0.324 e. The van der Waals surface area contributed by atoms with Crippen LogP contribution in [0.3, 0.4) is 0 Å². The van der Waals surface area contributed by atoms with Crippen LogP contribution in [0.4, 0.5) is 0 Å². The summed E-state index contributed by atoms with van der Waals surface area (Å²) in [7, 11) is 0. The summed E-state index contributed by atoms with van der Waals surface area (Å²) in [6.07, 6.45) is -1.16. The topological polar surface area (TPSA) is 36.9 Å². The van der Waals surface area contributed by atoms with Crippen LogP contribution in [0.15, 0.2) is 0 Å². The van der Waals surface area contributed by atoms with E-state index in [0.29, 0.717) is 0 Å². The van der Waals surface area contributed by atoms with Crippen LogP contribution in [-0.2, 0) is 18.9 Å². The minimum atomic E-state index is -0.289. The van der Waals surface area contributed by atoms with Gasteiger partial charge in [-0.3, -0.25) is 0 Å². The minimum absolute atomic E-state index is 0. The van der Waals surface area contributed by atoms with Gasteiger partial charge in [-0.25, -0.2) is 0 Å². The van der Waals surface area contributed by atoms with Crippen molar-refractivity contribution in [2.45, 2.75) is 60.3 Å². The van der Waals surface area contributed by atoms with Crippen LogP contribution in [0.1, 0.15) is 35.1 Å². The quantitative estimate of drug-likeness (QED) is 0.589. The van der Waals surface area contributed by atoms with E-state index in [4.69, 9.17) is 18.9 Å². The van der Waals surface area contributed by atoms with Gasteiger partial charge in [0.25, 0.3) is 0 Å². The molecule has 0 bridgehead atoms. The number of rotatable bonds is 0. The van der Waals surface area contributed by atoms with E-state index in [-0.39, 0.29) is 32.6 Å². The van der Waals surface area contributed by atoms with E-state index in [0.717, 1.165) is 0 Å². The van der Waals surface area contributed by atoms with E-state index in [1.54, 1.807) is 0 Å². The lowest BCUT2D eigenvalue weighted by atomic mass is 10.6. The highest BCUT2D eigenvalue weighted by Crippen LogP contribution is 2.13. The Kier molecular flexibility index (Phi) is 5.48. The van der Waals surface area contributed by atoms with Crippen molar-refractivity contribution < 1.29 is 18.9 Å². The van der Waals surface area contributed by atoms with Gasteiger partial charge >= 0.3 is 0 Å². The molecule has 0 spiro atoms. The van der Waals surface area contributed by atoms with Crippen LogP contribution >= 0.6 is 0 Å². The maximum absolute atomic E-state index is 5.31. The van der Waals surface area contributed by atoms with Gasteiger partial charge in [0.05, 0.1) is 0 Å². The molecular formula is C9H20O4. The molecule has 80 valence electrons. The van der Waals surface area contributed by atoms with Gasteiger partial charge in [0, 0.05) is 0 Å².